The van der Waals surface area contributed by atoms with Gasteiger partial charge in [-0.25, -0.2) is 4.98 Å². The van der Waals surface area contributed by atoms with Crippen LogP contribution in [0, 0.1) is 13.8 Å². The Morgan fingerprint density at radius 1 is 1.21 bits per heavy atom. The van der Waals surface area contributed by atoms with E-state index in [1.807, 2.05) is 44.3 Å². The second-order valence-electron chi connectivity index (χ2n) is 7.48. The zero-order valence-electron chi connectivity index (χ0n) is 16.7. The Balaban J connectivity index is 1.37. The number of benzene rings is 1. The van der Waals surface area contributed by atoms with E-state index < -0.39 is 0 Å². The average molecular weight is 388 g/mol. The Hall–Kier alpha value is -3.41. The van der Waals surface area contributed by atoms with Gasteiger partial charge in [-0.05, 0) is 50.1 Å². The molecule has 0 saturated heterocycles. The van der Waals surface area contributed by atoms with Crippen LogP contribution in [0.15, 0.2) is 48.8 Å². The number of nitrogens with one attached hydrogen (secondary N) is 2. The Morgan fingerprint density at radius 3 is 2.72 bits per heavy atom. The topological polar surface area (TPSA) is 78.1 Å². The smallest absolute Gasteiger partial charge is 0.251 e. The fourth-order valence-electron chi connectivity index (χ4n) is 3.84. The summed E-state index contributed by atoms with van der Waals surface area (Å²) >= 11 is 0. The van der Waals surface area contributed by atoms with Gasteiger partial charge in [0.2, 0.25) is 5.91 Å². The molecule has 0 unspecified atom stereocenters. The van der Waals surface area contributed by atoms with E-state index in [0.717, 1.165) is 34.1 Å². The highest BCUT2D eigenvalue weighted by atomic mass is 16.2. The lowest BCUT2D eigenvalue weighted by molar-refractivity contribution is -0.129. The Morgan fingerprint density at radius 2 is 2.00 bits per heavy atom. The van der Waals surface area contributed by atoms with Gasteiger partial charge in [0.1, 0.15) is 5.65 Å². The normalized spacial score (nSPS) is 14.0. The predicted octanol–water partition coefficient (Wildman–Crippen LogP) is 3.23. The molecule has 4 rings (SSSR count). The van der Waals surface area contributed by atoms with E-state index in [4.69, 9.17) is 0 Å². The molecule has 29 heavy (non-hydrogen) atoms. The highest BCUT2D eigenvalue weighted by Gasteiger charge is 2.20. The average Bonchev–Trinajstić information content (AvgIpc) is 3.15. The maximum absolute atomic E-state index is 12.5. The van der Waals surface area contributed by atoms with Crippen molar-refractivity contribution in [3.8, 4) is 0 Å². The largest absolute Gasteiger partial charge is 0.346 e. The predicted molar refractivity (Wildman–Crippen MR) is 114 cm³/mol. The van der Waals surface area contributed by atoms with E-state index in [1.165, 1.54) is 5.57 Å². The second kappa shape index (κ2) is 7.91. The second-order valence-corrected chi connectivity index (χ2v) is 7.48. The van der Waals surface area contributed by atoms with Gasteiger partial charge in [-0.1, -0.05) is 23.3 Å². The SMILES string of the molecule is Cc1cc(C)cc(C(=O)NCC(=O)N2CC=C(c3c[nH]c4ncccc34)CC2)c1. The van der Waals surface area contributed by atoms with Crippen molar-refractivity contribution in [1.82, 2.24) is 20.2 Å². The number of aryl methyl sites for hydroxylation is 2. The number of aromatic amines is 1. The van der Waals surface area contributed by atoms with Crippen molar-refractivity contribution >= 4 is 28.4 Å². The van der Waals surface area contributed by atoms with Gasteiger partial charge in [-0.3, -0.25) is 9.59 Å². The van der Waals surface area contributed by atoms with Crippen LogP contribution in [0.5, 0.6) is 0 Å². The lowest BCUT2D eigenvalue weighted by atomic mass is 9.99. The Labute approximate surface area is 169 Å². The summed E-state index contributed by atoms with van der Waals surface area (Å²) < 4.78 is 0. The van der Waals surface area contributed by atoms with Crippen molar-refractivity contribution in [3.63, 3.8) is 0 Å². The van der Waals surface area contributed by atoms with Gasteiger partial charge >= 0.3 is 0 Å². The van der Waals surface area contributed by atoms with Gasteiger partial charge in [0.15, 0.2) is 0 Å². The van der Waals surface area contributed by atoms with Crippen molar-refractivity contribution in [2.75, 3.05) is 19.6 Å². The number of amides is 2. The minimum atomic E-state index is -0.218. The fourth-order valence-corrected chi connectivity index (χ4v) is 3.84. The van der Waals surface area contributed by atoms with Gasteiger partial charge in [0, 0.05) is 42.0 Å². The molecule has 2 N–H and O–H groups in total. The summed E-state index contributed by atoms with van der Waals surface area (Å²) in [6, 6.07) is 9.66. The van der Waals surface area contributed by atoms with Crippen LogP contribution in [0.4, 0.5) is 0 Å². The molecule has 2 aromatic heterocycles. The van der Waals surface area contributed by atoms with Crippen LogP contribution in [-0.2, 0) is 4.79 Å². The van der Waals surface area contributed by atoms with Gasteiger partial charge in [-0.2, -0.15) is 0 Å². The molecule has 3 heterocycles. The first-order valence-electron chi connectivity index (χ1n) is 9.77. The highest BCUT2D eigenvalue weighted by Crippen LogP contribution is 2.28. The number of fused-ring (bicyclic) bond motifs is 1. The lowest BCUT2D eigenvalue weighted by Crippen LogP contribution is -2.42. The van der Waals surface area contributed by atoms with Crippen molar-refractivity contribution in [3.05, 3.63) is 71.1 Å². The number of pyridine rings is 1. The first-order chi connectivity index (χ1) is 14.0. The minimum absolute atomic E-state index is 0.00595. The standard InChI is InChI=1S/C23H24N4O2/c1-15-10-16(2)12-18(11-15)23(29)26-14-21(28)27-8-5-17(6-9-27)20-13-25-22-19(20)4-3-7-24-22/h3-5,7,10-13H,6,8-9,14H2,1-2H3,(H,24,25)(H,26,29). The molecule has 6 heteroatoms. The molecule has 1 aliphatic heterocycles. The molecule has 2 amide bonds. The molecule has 0 fully saturated rings. The zero-order valence-corrected chi connectivity index (χ0v) is 16.7. The molecule has 0 atom stereocenters. The number of rotatable bonds is 4. The van der Waals surface area contributed by atoms with Crippen LogP contribution in [0.25, 0.3) is 16.6 Å². The summed E-state index contributed by atoms with van der Waals surface area (Å²) in [5, 5.41) is 3.85. The zero-order chi connectivity index (χ0) is 20.4. The van der Waals surface area contributed by atoms with E-state index in [9.17, 15) is 9.59 Å². The van der Waals surface area contributed by atoms with Crippen LogP contribution in [0.1, 0.15) is 33.5 Å². The van der Waals surface area contributed by atoms with E-state index in [2.05, 4.69) is 27.4 Å². The quantitative estimate of drug-likeness (QED) is 0.720. The fraction of sp³-hybridized carbons (Fsp3) is 0.261. The van der Waals surface area contributed by atoms with Crippen molar-refractivity contribution < 1.29 is 9.59 Å². The molecule has 148 valence electrons. The number of H-pyrrole nitrogens is 1. The molecule has 1 aliphatic rings. The maximum Gasteiger partial charge on any atom is 0.251 e. The number of aromatic nitrogens is 2. The highest BCUT2D eigenvalue weighted by molar-refractivity contribution is 5.97. The van der Waals surface area contributed by atoms with Gasteiger partial charge in [0.05, 0.1) is 6.54 Å². The van der Waals surface area contributed by atoms with Gasteiger partial charge < -0.3 is 15.2 Å². The first-order valence-corrected chi connectivity index (χ1v) is 9.77. The third-order valence-corrected chi connectivity index (χ3v) is 5.24. The van der Waals surface area contributed by atoms with E-state index in [0.29, 0.717) is 18.7 Å². The third kappa shape index (κ3) is 4.06. The van der Waals surface area contributed by atoms with E-state index in [1.54, 1.807) is 11.1 Å². The maximum atomic E-state index is 12.5. The van der Waals surface area contributed by atoms with Crippen molar-refractivity contribution in [2.45, 2.75) is 20.3 Å². The van der Waals surface area contributed by atoms with Crippen LogP contribution >= 0.6 is 0 Å². The van der Waals surface area contributed by atoms with E-state index >= 15 is 0 Å². The number of carbonyl (C=O) groups excluding carboxylic acids is 2. The summed E-state index contributed by atoms with van der Waals surface area (Å²) in [5.74, 6) is -0.289. The van der Waals surface area contributed by atoms with Crippen molar-refractivity contribution in [1.29, 1.82) is 0 Å². The summed E-state index contributed by atoms with van der Waals surface area (Å²) in [7, 11) is 0. The molecule has 3 aromatic rings. The molecule has 0 bridgehead atoms. The minimum Gasteiger partial charge on any atom is -0.346 e. The monoisotopic (exact) mass is 388 g/mol. The first kappa shape index (κ1) is 18.9. The summed E-state index contributed by atoms with van der Waals surface area (Å²) in [4.78, 5) is 34.2. The summed E-state index contributed by atoms with van der Waals surface area (Å²) in [6.07, 6.45) is 6.61. The van der Waals surface area contributed by atoms with Gasteiger partial charge in [-0.15, -0.1) is 0 Å². The summed E-state index contributed by atoms with van der Waals surface area (Å²) in [6.45, 7) is 5.09. The summed E-state index contributed by atoms with van der Waals surface area (Å²) in [5.41, 5.74) is 5.88. The molecular formula is C23H24N4O2. The molecule has 0 saturated carbocycles. The molecule has 6 nitrogen and oxygen atoms in total. The molecule has 1 aromatic carbocycles. The van der Waals surface area contributed by atoms with Crippen molar-refractivity contribution in [2.24, 2.45) is 0 Å². The third-order valence-electron chi connectivity index (χ3n) is 5.24. The van der Waals surface area contributed by atoms with Crippen LogP contribution in [0.3, 0.4) is 0 Å². The number of hydrogen-bond acceptors (Lipinski definition) is 3. The molecule has 0 spiro atoms. The van der Waals surface area contributed by atoms with E-state index in [-0.39, 0.29) is 18.4 Å². The Kier molecular flexibility index (Phi) is 5.16. The molecular weight excluding hydrogens is 364 g/mol. The lowest BCUT2D eigenvalue weighted by Gasteiger charge is -2.26. The number of hydrogen-bond donors (Lipinski definition) is 2. The number of carbonyl (C=O) groups is 2. The van der Waals surface area contributed by atoms with Gasteiger partial charge in [0.25, 0.3) is 5.91 Å². The molecule has 0 aliphatic carbocycles. The van der Waals surface area contributed by atoms with Crippen LogP contribution < -0.4 is 5.32 Å². The molecule has 0 radical (unpaired) electrons. The van der Waals surface area contributed by atoms with Crippen LogP contribution in [0.2, 0.25) is 0 Å². The Bertz CT molecular complexity index is 1090. The van der Waals surface area contributed by atoms with Crippen LogP contribution in [-0.4, -0.2) is 46.3 Å². The number of nitrogens with zero attached hydrogens (tertiary/aromatic N) is 2.